The van der Waals surface area contributed by atoms with Crippen LogP contribution in [0.2, 0.25) is 0 Å². The van der Waals surface area contributed by atoms with E-state index in [1.54, 1.807) is 18.2 Å². The van der Waals surface area contributed by atoms with Gasteiger partial charge in [-0.1, -0.05) is 24.3 Å². The summed E-state index contributed by atoms with van der Waals surface area (Å²) in [5.41, 5.74) is -0.658. The van der Waals surface area contributed by atoms with Gasteiger partial charge in [0.25, 0.3) is 22.7 Å². The summed E-state index contributed by atoms with van der Waals surface area (Å²) < 4.78 is 0.932. The summed E-state index contributed by atoms with van der Waals surface area (Å²) in [5, 5.41) is 13.8. The minimum absolute atomic E-state index is 0.00883. The number of non-ortho nitro benzene ring substituents is 1. The van der Waals surface area contributed by atoms with Gasteiger partial charge in [-0.15, -0.1) is 0 Å². The average Bonchev–Trinajstić information content (AvgIpc) is 3.05. The van der Waals surface area contributed by atoms with Crippen LogP contribution in [-0.2, 0) is 4.79 Å². The van der Waals surface area contributed by atoms with E-state index < -0.39 is 21.9 Å². The molecule has 1 aliphatic heterocycles. The fourth-order valence-electron chi connectivity index (χ4n) is 2.71. The first-order chi connectivity index (χ1) is 13.4. The maximum atomic E-state index is 12.7. The highest BCUT2D eigenvalue weighted by atomic mass is 32.2. The number of carbonyl (C=O) groups excluding carboxylic acids is 1. The van der Waals surface area contributed by atoms with Crippen LogP contribution in [0.1, 0.15) is 5.56 Å². The zero-order valence-corrected chi connectivity index (χ0v) is 14.8. The first kappa shape index (κ1) is 17.6. The summed E-state index contributed by atoms with van der Waals surface area (Å²) in [6.45, 7) is 0. The van der Waals surface area contributed by atoms with Crippen LogP contribution in [-0.4, -0.2) is 25.8 Å². The molecule has 3 aromatic rings. The molecular weight excluding hydrogens is 384 g/mol. The second-order valence-electron chi connectivity index (χ2n) is 5.79. The van der Waals surface area contributed by atoms with Crippen molar-refractivity contribution < 1.29 is 9.72 Å². The second kappa shape index (κ2) is 6.74. The molecule has 9 nitrogen and oxygen atoms in total. The van der Waals surface area contributed by atoms with Crippen molar-refractivity contribution in [1.82, 2.24) is 9.78 Å². The Labute approximate surface area is 160 Å². The highest BCUT2D eigenvalue weighted by molar-refractivity contribution is 8.18. The van der Waals surface area contributed by atoms with E-state index in [1.165, 1.54) is 36.4 Å². The van der Waals surface area contributed by atoms with Crippen LogP contribution >= 0.6 is 11.8 Å². The summed E-state index contributed by atoms with van der Waals surface area (Å²) in [5.74, 6) is -0.604. The molecule has 28 heavy (non-hydrogen) atoms. The molecule has 2 heterocycles. The van der Waals surface area contributed by atoms with Gasteiger partial charge in [0.15, 0.2) is 5.17 Å². The minimum atomic E-state index is -0.604. The summed E-state index contributed by atoms with van der Waals surface area (Å²) in [4.78, 5) is 51.5. The predicted molar refractivity (Wildman–Crippen MR) is 105 cm³/mol. The summed E-state index contributed by atoms with van der Waals surface area (Å²) in [7, 11) is 0. The fraction of sp³-hybridized carbons (Fsp3) is 0. The molecule has 4 rings (SSSR count). The Morgan fingerprint density at radius 3 is 2.57 bits per heavy atom. The van der Waals surface area contributed by atoms with E-state index in [-0.39, 0.29) is 26.5 Å². The van der Waals surface area contributed by atoms with Crippen molar-refractivity contribution in [2.75, 3.05) is 0 Å². The van der Waals surface area contributed by atoms with Crippen molar-refractivity contribution in [2.45, 2.75) is 0 Å². The van der Waals surface area contributed by atoms with E-state index in [0.29, 0.717) is 5.56 Å². The smallest absolute Gasteiger partial charge is 0.267 e. The molecule has 0 saturated heterocycles. The van der Waals surface area contributed by atoms with Crippen molar-refractivity contribution in [1.29, 1.82) is 0 Å². The number of hydrogen-bond donors (Lipinski definition) is 1. The van der Waals surface area contributed by atoms with Crippen LogP contribution in [0.3, 0.4) is 0 Å². The van der Waals surface area contributed by atoms with Crippen LogP contribution in [0.15, 0.2) is 68.0 Å². The maximum absolute atomic E-state index is 12.7. The Kier molecular flexibility index (Phi) is 4.24. The molecule has 1 N–H and O–H groups in total. The molecule has 138 valence electrons. The Bertz CT molecular complexity index is 1340. The maximum Gasteiger partial charge on any atom is 0.286 e. The molecule has 0 spiro atoms. The zero-order chi connectivity index (χ0) is 19.8. The van der Waals surface area contributed by atoms with E-state index in [9.17, 15) is 24.5 Å². The second-order valence-corrected chi connectivity index (χ2v) is 6.80. The lowest BCUT2D eigenvalue weighted by atomic mass is 10.2. The highest BCUT2D eigenvalue weighted by Crippen LogP contribution is 2.29. The number of rotatable bonds is 2. The molecule has 2 aromatic carbocycles. The lowest BCUT2D eigenvalue weighted by molar-refractivity contribution is -0.384. The molecule has 0 radical (unpaired) electrons. The van der Waals surface area contributed by atoms with E-state index in [1.807, 2.05) is 0 Å². The molecule has 10 heteroatoms. The number of benzene rings is 2. The largest absolute Gasteiger partial charge is 0.286 e. The molecule has 1 amide bonds. The quantitative estimate of drug-likeness (QED) is 0.403. The van der Waals surface area contributed by atoms with Gasteiger partial charge < -0.3 is 0 Å². The lowest BCUT2D eigenvalue weighted by Crippen LogP contribution is -2.33. The number of nitro benzene ring substituents is 1. The molecule has 0 aliphatic carbocycles. The molecule has 0 unspecified atom stereocenters. The van der Waals surface area contributed by atoms with Gasteiger partial charge in [0.1, 0.15) is 0 Å². The van der Waals surface area contributed by atoms with Crippen molar-refractivity contribution in [3.63, 3.8) is 0 Å². The molecule has 0 atom stereocenters. The number of thioether (sulfide) groups is 1. The number of H-pyrrole nitrogens is 1. The first-order valence-corrected chi connectivity index (χ1v) is 8.77. The summed E-state index contributed by atoms with van der Waals surface area (Å²) in [6, 6.07) is 12.1. The third-order valence-corrected chi connectivity index (χ3v) is 4.97. The van der Waals surface area contributed by atoms with E-state index >= 15 is 0 Å². The number of carbonyl (C=O) groups is 1. The molecule has 1 aliphatic rings. The van der Waals surface area contributed by atoms with Crippen LogP contribution in [0.25, 0.3) is 16.8 Å². The van der Waals surface area contributed by atoms with Gasteiger partial charge in [0, 0.05) is 12.1 Å². The number of aliphatic imine (C=N–C) groups is 1. The number of amides is 1. The molecule has 0 bridgehead atoms. The molecular formula is C18H10N4O5S. The molecule has 0 fully saturated rings. The number of aromatic nitrogens is 2. The topological polar surface area (TPSA) is 127 Å². The summed E-state index contributed by atoms with van der Waals surface area (Å²) >= 11 is 0.897. The Balaban J connectivity index is 1.74. The van der Waals surface area contributed by atoms with Gasteiger partial charge in [0.2, 0.25) is 0 Å². The number of hydrogen-bond acceptors (Lipinski definition) is 6. The first-order valence-electron chi connectivity index (χ1n) is 7.95. The lowest BCUT2D eigenvalue weighted by Gasteiger charge is -2.05. The van der Waals surface area contributed by atoms with Crippen LogP contribution < -0.4 is 11.1 Å². The van der Waals surface area contributed by atoms with Gasteiger partial charge >= 0.3 is 0 Å². The van der Waals surface area contributed by atoms with Crippen molar-refractivity contribution in [3.8, 4) is 0 Å². The average molecular weight is 394 g/mol. The van der Waals surface area contributed by atoms with Gasteiger partial charge in [-0.3, -0.25) is 29.6 Å². The van der Waals surface area contributed by atoms with Gasteiger partial charge in [-0.2, -0.15) is 9.67 Å². The van der Waals surface area contributed by atoms with Crippen LogP contribution in [0.5, 0.6) is 0 Å². The zero-order valence-electron chi connectivity index (χ0n) is 14.0. The van der Waals surface area contributed by atoms with Crippen LogP contribution in [0.4, 0.5) is 5.69 Å². The van der Waals surface area contributed by atoms with Crippen molar-refractivity contribution in [2.24, 2.45) is 4.99 Å². The van der Waals surface area contributed by atoms with E-state index in [0.717, 1.165) is 16.4 Å². The fourth-order valence-corrected chi connectivity index (χ4v) is 3.58. The minimum Gasteiger partial charge on any atom is -0.267 e. The highest BCUT2D eigenvalue weighted by Gasteiger charge is 2.25. The van der Waals surface area contributed by atoms with Gasteiger partial charge in [0.05, 0.1) is 20.6 Å². The van der Waals surface area contributed by atoms with Gasteiger partial charge in [-0.25, -0.2) is 0 Å². The standard InChI is InChI=1S/C18H10N4O5S/c23-15-12-6-1-2-7-13(12)17(25)21(20-15)18-19-16(24)14(28-18)9-10-4-3-5-11(8-10)22(26)27/h1-9H,(H,20,23)/b14-9+. The van der Waals surface area contributed by atoms with E-state index in [4.69, 9.17) is 0 Å². The molecule has 1 aromatic heterocycles. The number of fused-ring (bicyclic) bond motifs is 1. The SMILES string of the molecule is O=C1N=C(n2[nH]c(=O)c3ccccc3c2=O)S/C1=C/c1cccc([N+](=O)[O-])c1. The summed E-state index contributed by atoms with van der Waals surface area (Å²) in [6.07, 6.45) is 1.45. The molecule has 0 saturated carbocycles. The van der Waals surface area contributed by atoms with Crippen LogP contribution in [0, 0.1) is 10.1 Å². The van der Waals surface area contributed by atoms with Crippen molar-refractivity contribution in [3.05, 3.63) is 89.8 Å². The van der Waals surface area contributed by atoms with Gasteiger partial charge in [-0.05, 0) is 35.5 Å². The Hall–Kier alpha value is -3.79. The number of nitro groups is 1. The normalized spacial score (nSPS) is 15.2. The Morgan fingerprint density at radius 2 is 1.82 bits per heavy atom. The third-order valence-electron chi connectivity index (χ3n) is 4.00. The van der Waals surface area contributed by atoms with E-state index in [2.05, 4.69) is 10.1 Å². The monoisotopic (exact) mass is 394 g/mol. The number of aromatic amines is 1. The third kappa shape index (κ3) is 3.05. The number of nitrogens with zero attached hydrogens (tertiary/aromatic N) is 3. The van der Waals surface area contributed by atoms with Crippen molar-refractivity contribution >= 4 is 45.4 Å². The Morgan fingerprint density at radius 1 is 1.07 bits per heavy atom. The number of nitrogens with one attached hydrogen (secondary N) is 1. The predicted octanol–water partition coefficient (Wildman–Crippen LogP) is 2.12.